The topological polar surface area (TPSA) is 75.7 Å². The van der Waals surface area contributed by atoms with E-state index in [0.717, 1.165) is 48.1 Å². The van der Waals surface area contributed by atoms with E-state index in [1.807, 2.05) is 25.1 Å². The highest BCUT2D eigenvalue weighted by atomic mass is 32.2. The summed E-state index contributed by atoms with van der Waals surface area (Å²) in [5.74, 6) is 0.492. The minimum absolute atomic E-state index is 0.102. The van der Waals surface area contributed by atoms with Gasteiger partial charge in [-0.2, -0.15) is 4.31 Å². The number of carbonyl (C=O) groups excluding carboxylic acids is 1. The molecule has 0 bridgehead atoms. The maximum absolute atomic E-state index is 13.0. The van der Waals surface area contributed by atoms with Crippen LogP contribution in [-0.4, -0.2) is 38.8 Å². The Kier molecular flexibility index (Phi) is 7.73. The van der Waals surface area contributed by atoms with Crippen molar-refractivity contribution in [2.45, 2.75) is 57.3 Å². The highest BCUT2D eigenvalue weighted by Gasteiger charge is 2.26. The third-order valence-electron chi connectivity index (χ3n) is 5.83. The van der Waals surface area contributed by atoms with Crippen molar-refractivity contribution in [1.29, 1.82) is 0 Å². The number of rotatable bonds is 8. The van der Waals surface area contributed by atoms with Gasteiger partial charge in [-0.15, -0.1) is 0 Å². The molecule has 31 heavy (non-hydrogen) atoms. The van der Waals surface area contributed by atoms with Crippen molar-refractivity contribution < 1.29 is 17.9 Å². The molecule has 1 aliphatic rings. The van der Waals surface area contributed by atoms with Crippen molar-refractivity contribution in [2.75, 3.05) is 25.5 Å². The second-order valence-electron chi connectivity index (χ2n) is 7.95. The number of amides is 1. The average molecular weight is 445 g/mol. The monoisotopic (exact) mass is 444 g/mol. The number of para-hydroxylation sites is 1. The third kappa shape index (κ3) is 5.46. The van der Waals surface area contributed by atoms with Crippen LogP contribution in [0.4, 0.5) is 5.69 Å². The van der Waals surface area contributed by atoms with Crippen molar-refractivity contribution in [3.63, 3.8) is 0 Å². The highest BCUT2D eigenvalue weighted by molar-refractivity contribution is 7.89. The molecule has 1 heterocycles. The van der Waals surface area contributed by atoms with E-state index in [1.165, 1.54) is 0 Å². The van der Waals surface area contributed by atoms with Crippen LogP contribution in [0.15, 0.2) is 41.3 Å². The Balaban J connectivity index is 1.75. The molecule has 1 saturated heterocycles. The lowest BCUT2D eigenvalue weighted by molar-refractivity contribution is -0.116. The van der Waals surface area contributed by atoms with Gasteiger partial charge in [-0.25, -0.2) is 8.42 Å². The van der Waals surface area contributed by atoms with Gasteiger partial charge in [0.1, 0.15) is 5.75 Å². The lowest BCUT2D eigenvalue weighted by Gasteiger charge is -2.26. The quantitative estimate of drug-likeness (QED) is 0.658. The smallest absolute Gasteiger partial charge is 0.243 e. The molecule has 1 fully saturated rings. The first-order chi connectivity index (χ1) is 14.9. The molecule has 7 heteroatoms. The van der Waals surface area contributed by atoms with Gasteiger partial charge >= 0.3 is 0 Å². The van der Waals surface area contributed by atoms with Crippen molar-refractivity contribution in [3.8, 4) is 5.75 Å². The van der Waals surface area contributed by atoms with Crippen molar-refractivity contribution in [1.82, 2.24) is 4.31 Å². The van der Waals surface area contributed by atoms with Crippen molar-refractivity contribution in [3.05, 3.63) is 53.1 Å². The molecule has 0 saturated carbocycles. The van der Waals surface area contributed by atoms with E-state index in [9.17, 15) is 13.2 Å². The predicted molar refractivity (Wildman–Crippen MR) is 123 cm³/mol. The van der Waals surface area contributed by atoms with E-state index < -0.39 is 10.0 Å². The molecule has 0 radical (unpaired) electrons. The summed E-state index contributed by atoms with van der Waals surface area (Å²) in [6, 6.07) is 10.9. The SMILES string of the molecule is CCc1cccc(C)c1NC(=O)CCc1cc(S(=O)(=O)N2CCCCC2)ccc1OC. The van der Waals surface area contributed by atoms with Crippen LogP contribution in [0.3, 0.4) is 0 Å². The number of hydrogen-bond donors (Lipinski definition) is 1. The Morgan fingerprint density at radius 3 is 2.52 bits per heavy atom. The van der Waals surface area contributed by atoms with E-state index >= 15 is 0 Å². The van der Waals surface area contributed by atoms with E-state index in [2.05, 4.69) is 12.2 Å². The normalized spacial score (nSPS) is 14.9. The zero-order valence-corrected chi connectivity index (χ0v) is 19.4. The van der Waals surface area contributed by atoms with Crippen LogP contribution >= 0.6 is 0 Å². The molecule has 0 unspecified atom stereocenters. The molecule has 168 valence electrons. The Labute approximate surface area is 185 Å². The summed E-state index contributed by atoms with van der Waals surface area (Å²) in [5, 5.41) is 3.03. The molecule has 1 amide bonds. The summed E-state index contributed by atoms with van der Waals surface area (Å²) < 4.78 is 33.0. The van der Waals surface area contributed by atoms with Crippen LogP contribution < -0.4 is 10.1 Å². The minimum Gasteiger partial charge on any atom is -0.496 e. The Morgan fingerprint density at radius 1 is 1.10 bits per heavy atom. The number of carbonyl (C=O) groups is 1. The fourth-order valence-corrected chi connectivity index (χ4v) is 5.59. The lowest BCUT2D eigenvalue weighted by atomic mass is 10.0. The first-order valence-corrected chi connectivity index (χ1v) is 12.4. The fourth-order valence-electron chi connectivity index (χ4n) is 4.02. The number of ether oxygens (including phenoxy) is 1. The average Bonchev–Trinajstić information content (AvgIpc) is 2.79. The van der Waals surface area contributed by atoms with Gasteiger partial charge in [0.05, 0.1) is 12.0 Å². The molecule has 2 aromatic carbocycles. The number of benzene rings is 2. The Hall–Kier alpha value is -2.38. The first kappa shape index (κ1) is 23.3. The zero-order chi connectivity index (χ0) is 22.4. The van der Waals surface area contributed by atoms with Crippen LogP contribution in [0.25, 0.3) is 0 Å². The second-order valence-corrected chi connectivity index (χ2v) is 9.89. The molecule has 0 atom stereocenters. The molecular formula is C24H32N2O4S. The molecule has 0 aromatic heterocycles. The van der Waals surface area contributed by atoms with Crippen molar-refractivity contribution in [2.24, 2.45) is 0 Å². The van der Waals surface area contributed by atoms with Crippen LogP contribution in [0.1, 0.15) is 49.3 Å². The van der Waals surface area contributed by atoms with Gasteiger partial charge in [0, 0.05) is 25.2 Å². The fraction of sp³-hybridized carbons (Fsp3) is 0.458. The summed E-state index contributed by atoms with van der Waals surface area (Å²) in [7, 11) is -1.98. The number of piperidine rings is 1. The summed E-state index contributed by atoms with van der Waals surface area (Å²) >= 11 is 0. The lowest BCUT2D eigenvalue weighted by Crippen LogP contribution is -2.35. The largest absolute Gasteiger partial charge is 0.496 e. The predicted octanol–water partition coefficient (Wildman–Crippen LogP) is 4.31. The van der Waals surface area contributed by atoms with Gasteiger partial charge < -0.3 is 10.1 Å². The molecule has 0 aliphatic carbocycles. The van der Waals surface area contributed by atoms with E-state index in [-0.39, 0.29) is 17.2 Å². The molecular weight excluding hydrogens is 412 g/mol. The summed E-state index contributed by atoms with van der Waals surface area (Å²) in [6.45, 7) is 5.15. The van der Waals surface area contributed by atoms with Crippen LogP contribution in [0.2, 0.25) is 0 Å². The van der Waals surface area contributed by atoms with Gasteiger partial charge in [-0.3, -0.25) is 4.79 Å². The number of hydrogen-bond acceptors (Lipinski definition) is 4. The highest BCUT2D eigenvalue weighted by Crippen LogP contribution is 2.28. The summed E-state index contributed by atoms with van der Waals surface area (Å²) in [6.07, 6.45) is 4.31. The van der Waals surface area contributed by atoms with E-state index in [4.69, 9.17) is 4.74 Å². The van der Waals surface area contributed by atoms with Crippen LogP contribution in [0.5, 0.6) is 5.75 Å². The number of anilines is 1. The first-order valence-electron chi connectivity index (χ1n) is 10.9. The van der Waals surface area contributed by atoms with E-state index in [0.29, 0.717) is 25.3 Å². The molecule has 3 rings (SSSR count). The number of aryl methyl sites for hydroxylation is 3. The zero-order valence-electron chi connectivity index (χ0n) is 18.6. The third-order valence-corrected chi connectivity index (χ3v) is 7.73. The molecule has 2 aromatic rings. The Bertz CT molecular complexity index is 1030. The summed E-state index contributed by atoms with van der Waals surface area (Å²) in [4.78, 5) is 12.9. The Morgan fingerprint density at radius 2 is 1.84 bits per heavy atom. The standard InChI is InChI=1S/C24H32N2O4S/c1-4-19-10-8-9-18(2)24(19)25-23(27)14-11-20-17-21(12-13-22(20)30-3)31(28,29)26-15-6-5-7-16-26/h8-10,12-13,17H,4-7,11,14-16H2,1-3H3,(H,25,27). The minimum atomic E-state index is -3.53. The van der Waals surface area contributed by atoms with Gasteiger partial charge in [0.15, 0.2) is 0 Å². The number of nitrogens with one attached hydrogen (secondary N) is 1. The summed E-state index contributed by atoms with van der Waals surface area (Å²) in [5.41, 5.74) is 3.71. The van der Waals surface area contributed by atoms with Gasteiger partial charge in [0.2, 0.25) is 15.9 Å². The second kappa shape index (κ2) is 10.3. The number of sulfonamides is 1. The van der Waals surface area contributed by atoms with Gasteiger partial charge in [-0.1, -0.05) is 31.5 Å². The molecule has 0 spiro atoms. The van der Waals surface area contributed by atoms with Crippen LogP contribution in [0, 0.1) is 6.92 Å². The van der Waals surface area contributed by atoms with E-state index in [1.54, 1.807) is 29.6 Å². The van der Waals surface area contributed by atoms with Gasteiger partial charge in [0.25, 0.3) is 0 Å². The molecule has 1 aliphatic heterocycles. The molecule has 6 nitrogen and oxygen atoms in total. The van der Waals surface area contributed by atoms with Crippen molar-refractivity contribution >= 4 is 21.6 Å². The number of nitrogens with zero attached hydrogens (tertiary/aromatic N) is 1. The van der Waals surface area contributed by atoms with Gasteiger partial charge in [-0.05, 0) is 67.5 Å². The maximum Gasteiger partial charge on any atom is 0.243 e. The molecule has 1 N–H and O–H groups in total. The maximum atomic E-state index is 13.0. The van der Waals surface area contributed by atoms with Crippen LogP contribution in [-0.2, 0) is 27.7 Å². The number of methoxy groups -OCH3 is 1.